The second-order valence-corrected chi connectivity index (χ2v) is 6.28. The van der Waals surface area contributed by atoms with Crippen LogP contribution in [0.1, 0.15) is 31.7 Å². The number of benzene rings is 1. The van der Waals surface area contributed by atoms with Crippen LogP contribution in [0.15, 0.2) is 24.3 Å². The summed E-state index contributed by atoms with van der Waals surface area (Å²) >= 11 is 0. The molecule has 0 aromatic heterocycles. The van der Waals surface area contributed by atoms with Gasteiger partial charge in [-0.2, -0.15) is 0 Å². The fraction of sp³-hybridized carbons (Fsp3) is 0.611. The number of nitrogens with zero attached hydrogens (tertiary/aromatic N) is 2. The van der Waals surface area contributed by atoms with E-state index in [9.17, 15) is 4.79 Å². The summed E-state index contributed by atoms with van der Waals surface area (Å²) in [5.74, 6) is 0.0888. The van der Waals surface area contributed by atoms with Crippen LogP contribution in [0, 0.1) is 0 Å². The number of anilines is 1. The van der Waals surface area contributed by atoms with E-state index in [-0.39, 0.29) is 5.91 Å². The molecule has 1 aliphatic heterocycles. The highest BCUT2D eigenvalue weighted by Gasteiger charge is 2.15. The number of aryl methyl sites for hydroxylation is 1. The predicted molar refractivity (Wildman–Crippen MR) is 92.2 cm³/mol. The molecule has 4 nitrogen and oxygen atoms in total. The smallest absolute Gasteiger partial charge is 0.238 e. The third kappa shape index (κ3) is 5.78. The van der Waals surface area contributed by atoms with E-state index < -0.39 is 0 Å². The molecule has 0 aliphatic carbocycles. The van der Waals surface area contributed by atoms with Crippen molar-refractivity contribution in [2.24, 2.45) is 0 Å². The number of amides is 1. The van der Waals surface area contributed by atoms with Crippen LogP contribution in [-0.4, -0.2) is 55.5 Å². The summed E-state index contributed by atoms with van der Waals surface area (Å²) in [5, 5.41) is 3.01. The molecule has 1 aliphatic rings. The van der Waals surface area contributed by atoms with Crippen molar-refractivity contribution in [2.45, 2.75) is 32.6 Å². The molecule has 2 rings (SSSR count). The fourth-order valence-corrected chi connectivity index (χ4v) is 2.80. The van der Waals surface area contributed by atoms with Crippen molar-refractivity contribution < 1.29 is 4.79 Å². The molecule has 0 unspecified atom stereocenters. The molecular weight excluding hydrogens is 274 g/mol. The number of carbonyl (C=O) groups excluding carboxylic acids is 1. The van der Waals surface area contributed by atoms with Crippen molar-refractivity contribution in [3.8, 4) is 0 Å². The fourth-order valence-electron chi connectivity index (χ4n) is 2.80. The lowest BCUT2D eigenvalue weighted by Crippen LogP contribution is -2.35. The monoisotopic (exact) mass is 303 g/mol. The Morgan fingerprint density at radius 1 is 1.14 bits per heavy atom. The van der Waals surface area contributed by atoms with Gasteiger partial charge in [-0.05, 0) is 57.1 Å². The van der Waals surface area contributed by atoms with Crippen LogP contribution in [0.3, 0.4) is 0 Å². The molecule has 1 amide bonds. The first kappa shape index (κ1) is 17.0. The van der Waals surface area contributed by atoms with Crippen LogP contribution in [0.2, 0.25) is 0 Å². The Hall–Kier alpha value is -1.39. The Balaban J connectivity index is 1.78. The summed E-state index contributed by atoms with van der Waals surface area (Å²) in [5.41, 5.74) is 2.24. The van der Waals surface area contributed by atoms with Gasteiger partial charge in [-0.25, -0.2) is 0 Å². The molecule has 1 fully saturated rings. The van der Waals surface area contributed by atoms with Crippen molar-refractivity contribution >= 4 is 11.6 Å². The number of likely N-dealkylation sites (N-methyl/N-ethyl adjacent to an activating group) is 1. The number of carbonyl (C=O) groups is 1. The van der Waals surface area contributed by atoms with Gasteiger partial charge in [0.15, 0.2) is 0 Å². The third-order valence-electron chi connectivity index (χ3n) is 4.24. The lowest BCUT2D eigenvalue weighted by Gasteiger charge is -2.19. The Morgan fingerprint density at radius 2 is 1.91 bits per heavy atom. The minimum Gasteiger partial charge on any atom is -0.325 e. The summed E-state index contributed by atoms with van der Waals surface area (Å²) in [6.45, 7) is 6.84. The number of hydrogen-bond donors (Lipinski definition) is 1. The van der Waals surface area contributed by atoms with Gasteiger partial charge in [-0.3, -0.25) is 9.69 Å². The van der Waals surface area contributed by atoms with Gasteiger partial charge < -0.3 is 10.2 Å². The summed E-state index contributed by atoms with van der Waals surface area (Å²) < 4.78 is 0. The zero-order valence-corrected chi connectivity index (χ0v) is 14.0. The second kappa shape index (κ2) is 8.91. The Bertz CT molecular complexity index is 458. The van der Waals surface area contributed by atoms with E-state index in [1.807, 2.05) is 12.1 Å². The normalized spacial score (nSPS) is 17.2. The number of hydrogen-bond acceptors (Lipinski definition) is 3. The maximum atomic E-state index is 12.2. The third-order valence-corrected chi connectivity index (χ3v) is 4.24. The van der Waals surface area contributed by atoms with Gasteiger partial charge in [0.05, 0.1) is 6.54 Å². The molecule has 1 aromatic rings. The van der Waals surface area contributed by atoms with Gasteiger partial charge in [0.25, 0.3) is 0 Å². The maximum Gasteiger partial charge on any atom is 0.238 e. The summed E-state index contributed by atoms with van der Waals surface area (Å²) in [4.78, 5) is 16.7. The molecule has 1 saturated heterocycles. The van der Waals surface area contributed by atoms with E-state index in [0.717, 1.165) is 44.7 Å². The molecule has 0 atom stereocenters. The van der Waals surface area contributed by atoms with Crippen molar-refractivity contribution in [2.75, 3.05) is 45.1 Å². The number of rotatable bonds is 6. The van der Waals surface area contributed by atoms with Gasteiger partial charge in [0.1, 0.15) is 0 Å². The van der Waals surface area contributed by atoms with Gasteiger partial charge in [-0.1, -0.05) is 25.5 Å². The van der Waals surface area contributed by atoms with E-state index >= 15 is 0 Å². The summed E-state index contributed by atoms with van der Waals surface area (Å²) in [7, 11) is 2.14. The minimum atomic E-state index is 0.0888. The van der Waals surface area contributed by atoms with E-state index in [1.165, 1.54) is 18.4 Å². The number of nitrogens with one attached hydrogen (secondary N) is 1. The molecule has 0 saturated carbocycles. The van der Waals surface area contributed by atoms with Crippen molar-refractivity contribution in [3.63, 3.8) is 0 Å². The quantitative estimate of drug-likeness (QED) is 0.877. The Labute approximate surface area is 134 Å². The van der Waals surface area contributed by atoms with Gasteiger partial charge in [0, 0.05) is 18.8 Å². The molecule has 22 heavy (non-hydrogen) atoms. The van der Waals surface area contributed by atoms with Crippen LogP contribution in [0.4, 0.5) is 5.69 Å². The van der Waals surface area contributed by atoms with Crippen LogP contribution in [0.5, 0.6) is 0 Å². The zero-order chi connectivity index (χ0) is 15.8. The first-order chi connectivity index (χ1) is 10.7. The van der Waals surface area contributed by atoms with E-state index in [2.05, 4.69) is 41.2 Å². The largest absolute Gasteiger partial charge is 0.325 e. The average molecular weight is 303 g/mol. The maximum absolute atomic E-state index is 12.2. The van der Waals surface area contributed by atoms with Crippen LogP contribution < -0.4 is 5.32 Å². The highest BCUT2D eigenvalue weighted by Crippen LogP contribution is 2.12. The minimum absolute atomic E-state index is 0.0888. The molecule has 122 valence electrons. The van der Waals surface area contributed by atoms with E-state index in [4.69, 9.17) is 0 Å². The molecule has 0 radical (unpaired) electrons. The molecule has 0 spiro atoms. The molecular formula is C18H29N3O. The zero-order valence-electron chi connectivity index (χ0n) is 14.0. The van der Waals surface area contributed by atoms with Crippen molar-refractivity contribution in [1.82, 2.24) is 9.80 Å². The lowest BCUT2D eigenvalue weighted by molar-refractivity contribution is -0.117. The van der Waals surface area contributed by atoms with E-state index in [1.54, 1.807) is 0 Å². The molecule has 0 bridgehead atoms. The van der Waals surface area contributed by atoms with Gasteiger partial charge in [-0.15, -0.1) is 0 Å². The predicted octanol–water partition coefficient (Wildman–Crippen LogP) is 2.61. The standard InChI is InChI=1S/C18H29N3O/c1-3-4-6-16-7-9-17(10-8-16)19-18(22)15-21-12-5-11-20(2)13-14-21/h7-10H,3-6,11-15H2,1-2H3,(H,19,22). The molecule has 4 heteroatoms. The van der Waals surface area contributed by atoms with Gasteiger partial charge in [0.2, 0.25) is 5.91 Å². The molecule has 1 heterocycles. The Morgan fingerprint density at radius 3 is 2.64 bits per heavy atom. The van der Waals surface area contributed by atoms with Crippen molar-refractivity contribution in [1.29, 1.82) is 0 Å². The van der Waals surface area contributed by atoms with E-state index in [0.29, 0.717) is 6.54 Å². The lowest BCUT2D eigenvalue weighted by atomic mass is 10.1. The van der Waals surface area contributed by atoms with Crippen molar-refractivity contribution in [3.05, 3.63) is 29.8 Å². The SMILES string of the molecule is CCCCc1ccc(NC(=O)CN2CCCN(C)CC2)cc1. The average Bonchev–Trinajstić information content (AvgIpc) is 2.71. The highest BCUT2D eigenvalue weighted by atomic mass is 16.2. The Kier molecular flexibility index (Phi) is 6.87. The van der Waals surface area contributed by atoms with Crippen LogP contribution in [-0.2, 0) is 11.2 Å². The molecule has 1 aromatic carbocycles. The van der Waals surface area contributed by atoms with Crippen LogP contribution >= 0.6 is 0 Å². The summed E-state index contributed by atoms with van der Waals surface area (Å²) in [6.07, 6.45) is 4.68. The topological polar surface area (TPSA) is 35.6 Å². The van der Waals surface area contributed by atoms with Gasteiger partial charge >= 0.3 is 0 Å². The number of unbranched alkanes of at least 4 members (excludes halogenated alkanes) is 1. The second-order valence-electron chi connectivity index (χ2n) is 6.28. The van der Waals surface area contributed by atoms with Crippen LogP contribution in [0.25, 0.3) is 0 Å². The first-order valence-electron chi connectivity index (χ1n) is 8.47. The molecule has 1 N–H and O–H groups in total. The first-order valence-corrected chi connectivity index (χ1v) is 8.47. The summed E-state index contributed by atoms with van der Waals surface area (Å²) in [6, 6.07) is 8.26. The highest BCUT2D eigenvalue weighted by molar-refractivity contribution is 5.92.